The second kappa shape index (κ2) is 15.4. The van der Waals surface area contributed by atoms with Gasteiger partial charge in [-0.25, -0.2) is 4.09 Å². The minimum atomic E-state index is 0.332. The van der Waals surface area contributed by atoms with E-state index in [9.17, 15) is 0 Å². The molecule has 186 valence electrons. The molecule has 3 N–H and O–H groups in total. The fraction of sp³-hybridized carbons (Fsp3) is 0.192. The van der Waals surface area contributed by atoms with Crippen molar-refractivity contribution < 1.29 is 9.57 Å². The summed E-state index contributed by atoms with van der Waals surface area (Å²) >= 11 is 7.96. The molecule has 0 unspecified atom stereocenters. The number of hydrogen-bond donors (Lipinski definition) is 3. The Morgan fingerprint density at radius 2 is 2.00 bits per heavy atom. The first kappa shape index (κ1) is 27.8. The number of benzene rings is 1. The Morgan fingerprint density at radius 3 is 2.69 bits per heavy atom. The van der Waals surface area contributed by atoms with Gasteiger partial charge in [0.05, 0.1) is 12.1 Å². The maximum absolute atomic E-state index is 6.39. The second-order valence-electron chi connectivity index (χ2n) is 7.21. The number of halogens is 1. The fourth-order valence-corrected chi connectivity index (χ4v) is 3.84. The minimum absolute atomic E-state index is 0.332. The molecule has 0 bridgehead atoms. The van der Waals surface area contributed by atoms with Gasteiger partial charge in [0.25, 0.3) is 0 Å². The van der Waals surface area contributed by atoms with Crippen molar-refractivity contribution in [1.29, 1.82) is 0 Å². The quantitative estimate of drug-likeness (QED) is 0.144. The third-order valence-corrected chi connectivity index (χ3v) is 5.60. The van der Waals surface area contributed by atoms with Crippen LogP contribution in [0, 0.1) is 6.92 Å². The lowest BCUT2D eigenvalue weighted by Gasteiger charge is -2.12. The van der Waals surface area contributed by atoms with Gasteiger partial charge in [0.15, 0.2) is 0 Å². The van der Waals surface area contributed by atoms with Crippen molar-refractivity contribution in [3.8, 4) is 0 Å². The number of aromatic amines is 1. The van der Waals surface area contributed by atoms with Crippen molar-refractivity contribution in [2.75, 3.05) is 14.2 Å². The van der Waals surface area contributed by atoms with Gasteiger partial charge in [-0.2, -0.15) is 0 Å². The molecule has 0 saturated heterocycles. The standard InChI is InChI=1S/C26H32ClN5O2S/c1-6-10-22(17-28-30-21(3)13-14-26(33-4)31-34-5)16-23-19-32(29-18-24(27)15-20(23)2)35-25-11-8-7-9-12-25/h6-15,17-19,28-30H,3,16H2,1-2,4-5H3/b10-6-,14-13-,20-15?,22-17+,23-19?,24-18?,31-26+. The summed E-state index contributed by atoms with van der Waals surface area (Å²) in [6, 6.07) is 12.1. The molecule has 0 spiro atoms. The molecule has 0 aliphatic carbocycles. The van der Waals surface area contributed by atoms with Crippen LogP contribution in [-0.4, -0.2) is 29.3 Å². The molecule has 0 amide bonds. The van der Waals surface area contributed by atoms with Crippen LogP contribution in [0.4, 0.5) is 0 Å². The SMILES string of the molecule is C=C(/C=C\C(=N/OC)OC)NN/C=C(\C=C/C)Cc1cn(Sc2ccccc2)[nH]cc(Cl)cc1C. The van der Waals surface area contributed by atoms with Gasteiger partial charge in [-0.05, 0) is 60.0 Å². The Labute approximate surface area is 216 Å². The first-order chi connectivity index (χ1) is 16.9. The van der Waals surface area contributed by atoms with Crippen LogP contribution in [0.25, 0.3) is 0 Å². The number of methoxy groups -OCH3 is 1. The van der Waals surface area contributed by atoms with E-state index in [1.165, 1.54) is 14.2 Å². The Hall–Kier alpha value is -3.49. The normalized spacial score (nSPS) is 12.0. The molecule has 1 aromatic carbocycles. The Morgan fingerprint density at radius 1 is 1.23 bits per heavy atom. The number of hydrazine groups is 1. The third kappa shape index (κ3) is 10.5. The highest BCUT2D eigenvalue weighted by Gasteiger charge is 2.04. The summed E-state index contributed by atoms with van der Waals surface area (Å²) in [7, 11) is 2.97. The van der Waals surface area contributed by atoms with Crippen LogP contribution in [0.15, 0.2) is 107 Å². The molecule has 0 fully saturated rings. The predicted molar refractivity (Wildman–Crippen MR) is 146 cm³/mol. The fourth-order valence-electron chi connectivity index (χ4n) is 2.83. The summed E-state index contributed by atoms with van der Waals surface area (Å²) in [4.78, 5) is 5.82. The number of nitrogens with one attached hydrogen (secondary N) is 3. The van der Waals surface area contributed by atoms with E-state index in [0.717, 1.165) is 21.6 Å². The zero-order valence-corrected chi connectivity index (χ0v) is 22.0. The molecule has 0 aliphatic rings. The van der Waals surface area contributed by atoms with E-state index in [-0.39, 0.29) is 0 Å². The van der Waals surface area contributed by atoms with Crippen molar-refractivity contribution in [2.24, 2.45) is 5.16 Å². The zero-order valence-electron chi connectivity index (χ0n) is 20.4. The van der Waals surface area contributed by atoms with Crippen molar-refractivity contribution in [1.82, 2.24) is 20.0 Å². The van der Waals surface area contributed by atoms with E-state index in [0.29, 0.717) is 23.0 Å². The molecule has 2 rings (SSSR count). The van der Waals surface area contributed by atoms with E-state index in [2.05, 4.69) is 52.9 Å². The molecule has 0 atom stereocenters. The molecular weight excluding hydrogens is 482 g/mol. The molecule has 9 heteroatoms. The van der Waals surface area contributed by atoms with Gasteiger partial charge in [-0.3, -0.25) is 5.10 Å². The Bertz CT molecular complexity index is 1130. The first-order valence-electron chi connectivity index (χ1n) is 10.8. The third-order valence-electron chi connectivity index (χ3n) is 4.49. The molecular formula is C26H32ClN5O2S. The number of H-pyrrole nitrogens is 1. The number of rotatable bonds is 11. The van der Waals surface area contributed by atoms with Crippen molar-refractivity contribution >= 4 is 29.4 Å². The van der Waals surface area contributed by atoms with Crippen LogP contribution >= 0.6 is 23.5 Å². The summed E-state index contributed by atoms with van der Waals surface area (Å²) in [5.74, 6) is 0.332. The summed E-state index contributed by atoms with van der Waals surface area (Å²) in [5.41, 5.74) is 9.98. The lowest BCUT2D eigenvalue weighted by atomic mass is 10.0. The van der Waals surface area contributed by atoms with Crippen LogP contribution in [0.1, 0.15) is 18.1 Å². The Kier molecular flexibility index (Phi) is 12.2. The highest BCUT2D eigenvalue weighted by molar-refractivity contribution is 7.97. The molecule has 0 radical (unpaired) electrons. The van der Waals surface area contributed by atoms with E-state index in [1.54, 1.807) is 30.3 Å². The number of allylic oxidation sites excluding steroid dienone is 4. The number of nitrogens with zero attached hydrogens (tertiary/aromatic N) is 2. The van der Waals surface area contributed by atoms with Crippen LogP contribution in [0.2, 0.25) is 5.02 Å². The number of aryl methyl sites for hydroxylation is 1. The summed E-state index contributed by atoms with van der Waals surface area (Å²) in [6.07, 6.45) is 13.8. The predicted octanol–water partition coefficient (Wildman–Crippen LogP) is 6.23. The van der Waals surface area contributed by atoms with Crippen LogP contribution in [0.5, 0.6) is 0 Å². The Balaban J connectivity index is 2.21. The van der Waals surface area contributed by atoms with Gasteiger partial charge in [0.1, 0.15) is 7.11 Å². The van der Waals surface area contributed by atoms with Gasteiger partial charge in [0, 0.05) is 53.6 Å². The molecule has 35 heavy (non-hydrogen) atoms. The molecule has 1 aromatic heterocycles. The lowest BCUT2D eigenvalue weighted by Crippen LogP contribution is -2.25. The number of ether oxygens (including phenoxy) is 1. The zero-order chi connectivity index (χ0) is 25.5. The summed E-state index contributed by atoms with van der Waals surface area (Å²) in [6.45, 7) is 7.99. The summed E-state index contributed by atoms with van der Waals surface area (Å²) < 4.78 is 7.02. The second-order valence-corrected chi connectivity index (χ2v) is 8.69. The molecule has 0 aliphatic heterocycles. The van der Waals surface area contributed by atoms with Crippen LogP contribution < -0.4 is 10.9 Å². The molecule has 7 nitrogen and oxygen atoms in total. The maximum atomic E-state index is 6.39. The van der Waals surface area contributed by atoms with Crippen LogP contribution in [-0.2, 0) is 16.0 Å². The highest BCUT2D eigenvalue weighted by atomic mass is 35.5. The van der Waals surface area contributed by atoms with Gasteiger partial charge in [0.2, 0.25) is 5.90 Å². The first-order valence-corrected chi connectivity index (χ1v) is 12.0. The number of aromatic nitrogens is 2. The lowest BCUT2D eigenvalue weighted by molar-refractivity contribution is 0.200. The van der Waals surface area contributed by atoms with E-state index in [1.807, 2.05) is 53.6 Å². The number of oxime groups is 1. The monoisotopic (exact) mass is 513 g/mol. The van der Waals surface area contributed by atoms with E-state index >= 15 is 0 Å². The van der Waals surface area contributed by atoms with Crippen molar-refractivity contribution in [2.45, 2.75) is 25.2 Å². The molecule has 2 aromatic rings. The topological polar surface area (TPSA) is 75.6 Å². The molecule has 1 heterocycles. The van der Waals surface area contributed by atoms with Gasteiger partial charge < -0.3 is 20.4 Å². The van der Waals surface area contributed by atoms with E-state index in [4.69, 9.17) is 21.2 Å². The van der Waals surface area contributed by atoms with Crippen molar-refractivity contribution in [3.05, 3.63) is 113 Å². The minimum Gasteiger partial charge on any atom is -0.479 e. The largest absolute Gasteiger partial charge is 0.479 e. The highest BCUT2D eigenvalue weighted by Crippen LogP contribution is 2.21. The van der Waals surface area contributed by atoms with E-state index < -0.39 is 0 Å². The van der Waals surface area contributed by atoms with Gasteiger partial charge >= 0.3 is 0 Å². The smallest absolute Gasteiger partial charge is 0.249 e. The average molecular weight is 514 g/mol. The summed E-state index contributed by atoms with van der Waals surface area (Å²) in [5, 5.41) is 7.60. The molecule has 0 saturated carbocycles. The average Bonchev–Trinajstić information content (AvgIpc) is 2.84. The maximum Gasteiger partial charge on any atom is 0.249 e. The number of hydrogen-bond acceptors (Lipinski definition) is 6. The van der Waals surface area contributed by atoms with Gasteiger partial charge in [-0.15, -0.1) is 0 Å². The van der Waals surface area contributed by atoms with Crippen LogP contribution in [0.3, 0.4) is 0 Å². The van der Waals surface area contributed by atoms with Crippen molar-refractivity contribution in [3.63, 3.8) is 0 Å². The van der Waals surface area contributed by atoms with Gasteiger partial charge in [-0.1, -0.05) is 48.5 Å².